The highest BCUT2D eigenvalue weighted by Gasteiger charge is 2.18. The van der Waals surface area contributed by atoms with Crippen LogP contribution in [-0.4, -0.2) is 41.0 Å². The van der Waals surface area contributed by atoms with Crippen LogP contribution in [0.3, 0.4) is 0 Å². The molecule has 1 amide bonds. The Bertz CT molecular complexity index is 1540. The summed E-state index contributed by atoms with van der Waals surface area (Å²) >= 11 is 0. The average molecular weight is 547 g/mol. The summed E-state index contributed by atoms with van der Waals surface area (Å²) in [4.78, 5) is 29.9. The monoisotopic (exact) mass is 546 g/mol. The van der Waals surface area contributed by atoms with Gasteiger partial charge in [-0.1, -0.05) is 12.1 Å². The van der Waals surface area contributed by atoms with Gasteiger partial charge in [-0.25, -0.2) is 9.78 Å². The number of amides is 1. The minimum atomic E-state index is -0.528. The SMILES string of the molecule is COc1ccc(CNc2nccc3c2c(=O)n(C)c2cc(OCCCC(C)NC(=O)OC(C)(C)C)ccc32)cc1. The Kier molecular flexibility index (Phi) is 8.82. The zero-order valence-electron chi connectivity index (χ0n) is 24.0. The van der Waals surface area contributed by atoms with Crippen molar-refractivity contribution in [2.45, 2.75) is 58.7 Å². The van der Waals surface area contributed by atoms with E-state index in [2.05, 4.69) is 15.6 Å². The fraction of sp³-hybridized carbons (Fsp3) is 0.387. The summed E-state index contributed by atoms with van der Waals surface area (Å²) in [6.45, 7) is 8.46. The maximum absolute atomic E-state index is 13.5. The van der Waals surface area contributed by atoms with Crippen molar-refractivity contribution in [3.05, 3.63) is 70.6 Å². The van der Waals surface area contributed by atoms with E-state index in [1.807, 2.05) is 76.2 Å². The summed E-state index contributed by atoms with van der Waals surface area (Å²) in [5.41, 5.74) is 1.17. The minimum absolute atomic E-state index is 0.0385. The van der Waals surface area contributed by atoms with E-state index in [-0.39, 0.29) is 11.6 Å². The first kappa shape index (κ1) is 28.7. The number of pyridine rings is 2. The van der Waals surface area contributed by atoms with Crippen molar-refractivity contribution in [2.24, 2.45) is 7.05 Å². The fourth-order valence-corrected chi connectivity index (χ4v) is 4.51. The predicted molar refractivity (Wildman–Crippen MR) is 158 cm³/mol. The number of methoxy groups -OCH3 is 1. The Hall–Kier alpha value is -4.27. The fourth-order valence-electron chi connectivity index (χ4n) is 4.51. The van der Waals surface area contributed by atoms with Gasteiger partial charge in [0, 0.05) is 42.7 Å². The third-order valence-electron chi connectivity index (χ3n) is 6.52. The van der Waals surface area contributed by atoms with Gasteiger partial charge in [0.1, 0.15) is 22.9 Å². The van der Waals surface area contributed by atoms with E-state index < -0.39 is 11.7 Å². The number of nitrogens with one attached hydrogen (secondary N) is 2. The Morgan fingerprint density at radius 2 is 1.77 bits per heavy atom. The number of rotatable bonds is 10. The van der Waals surface area contributed by atoms with Crippen LogP contribution in [0.25, 0.3) is 21.7 Å². The highest BCUT2D eigenvalue weighted by molar-refractivity contribution is 6.09. The summed E-state index contributed by atoms with van der Waals surface area (Å²) in [6, 6.07) is 15.4. The number of aryl methyl sites for hydroxylation is 1. The molecule has 1 atom stereocenters. The van der Waals surface area contributed by atoms with E-state index >= 15 is 0 Å². The molecule has 0 saturated heterocycles. The van der Waals surface area contributed by atoms with Crippen LogP contribution in [0.4, 0.5) is 10.6 Å². The first-order chi connectivity index (χ1) is 19.1. The van der Waals surface area contributed by atoms with E-state index in [4.69, 9.17) is 14.2 Å². The molecule has 1 unspecified atom stereocenters. The number of carbonyl (C=O) groups is 1. The second kappa shape index (κ2) is 12.3. The van der Waals surface area contributed by atoms with E-state index in [0.29, 0.717) is 30.1 Å². The summed E-state index contributed by atoms with van der Waals surface area (Å²) in [5, 5.41) is 8.49. The molecule has 0 spiro atoms. The molecule has 0 bridgehead atoms. The van der Waals surface area contributed by atoms with Crippen LogP contribution in [0.5, 0.6) is 11.5 Å². The number of aromatic nitrogens is 2. The number of nitrogens with zero attached hydrogens (tertiary/aromatic N) is 2. The Morgan fingerprint density at radius 1 is 1.05 bits per heavy atom. The van der Waals surface area contributed by atoms with Crippen molar-refractivity contribution >= 4 is 33.6 Å². The number of hydrogen-bond acceptors (Lipinski definition) is 7. The molecule has 0 aliphatic heterocycles. The summed E-state index contributed by atoms with van der Waals surface area (Å²) < 4.78 is 18.2. The normalized spacial score (nSPS) is 12.2. The lowest BCUT2D eigenvalue weighted by Gasteiger charge is -2.22. The highest BCUT2D eigenvalue weighted by Crippen LogP contribution is 2.29. The van der Waals surface area contributed by atoms with E-state index in [1.54, 1.807) is 24.9 Å². The number of ether oxygens (including phenoxy) is 3. The van der Waals surface area contributed by atoms with Gasteiger partial charge >= 0.3 is 6.09 Å². The molecule has 4 aromatic rings. The largest absolute Gasteiger partial charge is 0.497 e. The minimum Gasteiger partial charge on any atom is -0.497 e. The quantitative estimate of drug-likeness (QED) is 0.192. The van der Waals surface area contributed by atoms with Crippen LogP contribution >= 0.6 is 0 Å². The topological polar surface area (TPSA) is 104 Å². The van der Waals surface area contributed by atoms with Crippen LogP contribution in [0.2, 0.25) is 0 Å². The lowest BCUT2D eigenvalue weighted by molar-refractivity contribution is 0.0505. The lowest BCUT2D eigenvalue weighted by atomic mass is 10.1. The van der Waals surface area contributed by atoms with Crippen molar-refractivity contribution < 1.29 is 19.0 Å². The van der Waals surface area contributed by atoms with Crippen LogP contribution in [0.15, 0.2) is 59.5 Å². The van der Waals surface area contributed by atoms with Crippen LogP contribution in [0, 0.1) is 0 Å². The Labute approximate surface area is 234 Å². The first-order valence-corrected chi connectivity index (χ1v) is 13.5. The third-order valence-corrected chi connectivity index (χ3v) is 6.52. The average Bonchev–Trinajstić information content (AvgIpc) is 2.91. The van der Waals surface area contributed by atoms with Gasteiger partial charge in [0.05, 0.1) is 24.6 Å². The zero-order chi connectivity index (χ0) is 28.9. The number of benzene rings is 2. The molecule has 0 aliphatic rings. The van der Waals surface area contributed by atoms with Crippen LogP contribution < -0.4 is 25.7 Å². The number of carbonyl (C=O) groups excluding carboxylic acids is 1. The number of anilines is 1. The summed E-state index contributed by atoms with van der Waals surface area (Å²) in [6.07, 6.45) is 2.79. The molecular formula is C31H38N4O5. The molecule has 2 N–H and O–H groups in total. The molecule has 9 nitrogen and oxygen atoms in total. The number of alkyl carbamates (subject to hydrolysis) is 1. The van der Waals surface area contributed by atoms with Crippen LogP contribution in [-0.2, 0) is 18.3 Å². The maximum atomic E-state index is 13.5. The molecule has 0 radical (unpaired) electrons. The standard InChI is InChI=1S/C31H38N4O5/c1-20(34-30(37)40-31(2,3)4)8-7-17-39-23-13-14-24-25-15-16-32-28(27(25)29(36)35(5)26(24)18-23)33-19-21-9-11-22(38-6)12-10-21/h9-16,18,20H,7-8,17,19H2,1-6H3,(H,32,33)(H,34,37). The molecule has 0 saturated carbocycles. The highest BCUT2D eigenvalue weighted by atomic mass is 16.6. The van der Waals surface area contributed by atoms with Crippen molar-refractivity contribution in [1.82, 2.24) is 14.9 Å². The van der Waals surface area contributed by atoms with E-state index in [0.717, 1.165) is 40.4 Å². The smallest absolute Gasteiger partial charge is 0.407 e. The molecule has 2 heterocycles. The molecule has 0 aliphatic carbocycles. The molecule has 2 aromatic heterocycles. The maximum Gasteiger partial charge on any atom is 0.407 e. The van der Waals surface area contributed by atoms with E-state index in [1.165, 1.54) is 0 Å². The van der Waals surface area contributed by atoms with Crippen molar-refractivity contribution in [1.29, 1.82) is 0 Å². The van der Waals surface area contributed by atoms with Gasteiger partial charge in [-0.15, -0.1) is 0 Å². The molecule has 4 rings (SSSR count). The van der Waals surface area contributed by atoms with Gasteiger partial charge in [-0.3, -0.25) is 4.79 Å². The third kappa shape index (κ3) is 7.02. The second-order valence-electron chi connectivity index (χ2n) is 10.9. The van der Waals surface area contributed by atoms with Crippen molar-refractivity contribution in [2.75, 3.05) is 19.0 Å². The molecule has 40 heavy (non-hydrogen) atoms. The van der Waals surface area contributed by atoms with Gasteiger partial charge in [0.2, 0.25) is 0 Å². The Morgan fingerprint density at radius 3 is 2.48 bits per heavy atom. The number of fused-ring (bicyclic) bond motifs is 3. The zero-order valence-corrected chi connectivity index (χ0v) is 24.0. The van der Waals surface area contributed by atoms with Gasteiger partial charge in [-0.2, -0.15) is 0 Å². The molecular weight excluding hydrogens is 508 g/mol. The molecule has 2 aromatic carbocycles. The lowest BCUT2D eigenvalue weighted by Crippen LogP contribution is -2.37. The number of hydrogen-bond donors (Lipinski definition) is 2. The van der Waals surface area contributed by atoms with E-state index in [9.17, 15) is 9.59 Å². The molecule has 0 fully saturated rings. The first-order valence-electron chi connectivity index (χ1n) is 13.5. The van der Waals surface area contributed by atoms with Gasteiger partial charge in [-0.05, 0) is 76.4 Å². The predicted octanol–water partition coefficient (Wildman–Crippen LogP) is 5.78. The van der Waals surface area contributed by atoms with Gasteiger partial charge in [0.15, 0.2) is 0 Å². The summed E-state index contributed by atoms with van der Waals surface area (Å²) in [7, 11) is 3.40. The Balaban J connectivity index is 1.45. The van der Waals surface area contributed by atoms with Gasteiger partial charge in [0.25, 0.3) is 5.56 Å². The molecule has 212 valence electrons. The van der Waals surface area contributed by atoms with Crippen molar-refractivity contribution in [3.63, 3.8) is 0 Å². The second-order valence-corrected chi connectivity index (χ2v) is 10.9. The van der Waals surface area contributed by atoms with Crippen LogP contribution in [0.1, 0.15) is 46.1 Å². The summed E-state index contributed by atoms with van der Waals surface area (Å²) in [5.74, 6) is 2.02. The van der Waals surface area contributed by atoms with Crippen molar-refractivity contribution in [3.8, 4) is 11.5 Å². The molecule has 9 heteroatoms. The van der Waals surface area contributed by atoms with Gasteiger partial charge < -0.3 is 29.4 Å².